The predicted molar refractivity (Wildman–Crippen MR) is 120 cm³/mol. The number of anilines is 2. The van der Waals surface area contributed by atoms with E-state index in [4.69, 9.17) is 4.74 Å². The van der Waals surface area contributed by atoms with Crippen LogP contribution in [-0.2, 0) is 21.0 Å². The van der Waals surface area contributed by atoms with Crippen LogP contribution in [0.3, 0.4) is 0 Å². The van der Waals surface area contributed by atoms with Gasteiger partial charge in [-0.1, -0.05) is 30.3 Å². The summed E-state index contributed by atoms with van der Waals surface area (Å²) in [6, 6.07) is 18.0. The lowest BCUT2D eigenvalue weighted by molar-refractivity contribution is -0.137. The number of alkyl halides is 3. The van der Waals surface area contributed by atoms with Gasteiger partial charge in [0.15, 0.2) is 0 Å². The second-order valence-corrected chi connectivity index (χ2v) is 9.04. The highest BCUT2D eigenvalue weighted by Crippen LogP contribution is 2.35. The molecule has 0 saturated carbocycles. The lowest BCUT2D eigenvalue weighted by Gasteiger charge is -2.28. The zero-order valence-corrected chi connectivity index (χ0v) is 18.5. The SMILES string of the molecule is CC(C(=O)Nc1ccccc1C(F)(F)F)N(c1ccc(Oc2ccccc2)cc1)S(C)(=O)=O. The van der Waals surface area contributed by atoms with Crippen molar-refractivity contribution in [3.05, 3.63) is 84.4 Å². The zero-order chi connectivity index (χ0) is 24.2. The molecule has 0 heterocycles. The molecule has 10 heteroatoms. The number of benzene rings is 3. The maximum atomic E-state index is 13.2. The van der Waals surface area contributed by atoms with Gasteiger partial charge >= 0.3 is 6.18 Å². The number of hydrogen-bond acceptors (Lipinski definition) is 4. The number of nitrogens with one attached hydrogen (secondary N) is 1. The molecule has 1 N–H and O–H groups in total. The topological polar surface area (TPSA) is 75.7 Å². The third-order valence-electron chi connectivity index (χ3n) is 4.65. The smallest absolute Gasteiger partial charge is 0.418 e. The Kier molecular flexibility index (Phi) is 6.97. The summed E-state index contributed by atoms with van der Waals surface area (Å²) in [5, 5.41) is 2.19. The molecule has 1 atom stereocenters. The molecular weight excluding hydrogens is 457 g/mol. The van der Waals surface area contributed by atoms with Crippen LogP contribution in [0.25, 0.3) is 0 Å². The Morgan fingerprint density at radius 3 is 2.03 bits per heavy atom. The molecule has 1 amide bonds. The van der Waals surface area contributed by atoms with Gasteiger partial charge in [0.05, 0.1) is 23.2 Å². The number of rotatable bonds is 7. The minimum Gasteiger partial charge on any atom is -0.457 e. The lowest BCUT2D eigenvalue weighted by atomic mass is 10.1. The van der Waals surface area contributed by atoms with Gasteiger partial charge in [0.2, 0.25) is 15.9 Å². The van der Waals surface area contributed by atoms with E-state index in [0.29, 0.717) is 11.5 Å². The standard InChI is InChI=1S/C23H21F3N2O4S/c1-16(22(29)27-21-11-7-6-10-20(21)23(24,25)26)28(33(2,30)31)17-12-14-19(15-13-17)32-18-8-4-3-5-9-18/h3-16H,1-2H3,(H,27,29). The van der Waals surface area contributed by atoms with Crippen molar-refractivity contribution in [2.75, 3.05) is 15.9 Å². The van der Waals surface area contributed by atoms with Gasteiger partial charge in [-0.05, 0) is 55.5 Å². The van der Waals surface area contributed by atoms with Crippen LogP contribution in [0.4, 0.5) is 24.5 Å². The number of sulfonamides is 1. The first-order valence-corrected chi connectivity index (χ1v) is 11.6. The van der Waals surface area contributed by atoms with E-state index in [1.165, 1.54) is 43.3 Å². The summed E-state index contributed by atoms with van der Waals surface area (Å²) < 4.78 is 71.2. The van der Waals surface area contributed by atoms with Crippen molar-refractivity contribution in [1.82, 2.24) is 0 Å². The molecule has 0 aliphatic rings. The molecule has 174 valence electrons. The maximum absolute atomic E-state index is 13.2. The summed E-state index contributed by atoms with van der Waals surface area (Å²) in [6.45, 7) is 1.29. The average molecular weight is 478 g/mol. The molecule has 33 heavy (non-hydrogen) atoms. The van der Waals surface area contributed by atoms with Crippen LogP contribution >= 0.6 is 0 Å². The highest BCUT2D eigenvalue weighted by atomic mass is 32.2. The Hall–Kier alpha value is -3.53. The second-order valence-electron chi connectivity index (χ2n) is 7.18. The Morgan fingerprint density at radius 1 is 0.909 bits per heavy atom. The molecule has 0 fully saturated rings. The Morgan fingerprint density at radius 2 is 1.45 bits per heavy atom. The van der Waals surface area contributed by atoms with Crippen LogP contribution in [0.15, 0.2) is 78.9 Å². The molecule has 0 bridgehead atoms. The van der Waals surface area contributed by atoms with Gasteiger partial charge in [0.25, 0.3) is 0 Å². The van der Waals surface area contributed by atoms with Crippen LogP contribution in [0.5, 0.6) is 11.5 Å². The summed E-state index contributed by atoms with van der Waals surface area (Å²) in [4.78, 5) is 12.8. The zero-order valence-electron chi connectivity index (χ0n) is 17.7. The van der Waals surface area contributed by atoms with Crippen molar-refractivity contribution >= 4 is 27.3 Å². The number of amides is 1. The van der Waals surface area contributed by atoms with E-state index in [0.717, 1.165) is 22.7 Å². The fraction of sp³-hybridized carbons (Fsp3) is 0.174. The number of nitrogens with zero attached hydrogens (tertiary/aromatic N) is 1. The van der Waals surface area contributed by atoms with Crippen LogP contribution in [-0.4, -0.2) is 26.6 Å². The number of halogens is 3. The van der Waals surface area contributed by atoms with E-state index in [-0.39, 0.29) is 5.69 Å². The number of carbonyl (C=O) groups is 1. The number of carbonyl (C=O) groups excluding carboxylic acids is 1. The molecule has 0 spiro atoms. The minimum absolute atomic E-state index is 0.157. The highest BCUT2D eigenvalue weighted by molar-refractivity contribution is 7.92. The van der Waals surface area contributed by atoms with Gasteiger partial charge in [-0.2, -0.15) is 13.2 Å². The van der Waals surface area contributed by atoms with Crippen LogP contribution in [0, 0.1) is 0 Å². The van der Waals surface area contributed by atoms with E-state index < -0.39 is 39.4 Å². The van der Waals surface area contributed by atoms with Crippen molar-refractivity contribution in [1.29, 1.82) is 0 Å². The van der Waals surface area contributed by atoms with Gasteiger partial charge in [-0.25, -0.2) is 8.42 Å². The van der Waals surface area contributed by atoms with Gasteiger partial charge in [0, 0.05) is 0 Å². The molecule has 0 aliphatic carbocycles. The molecule has 3 aromatic carbocycles. The first-order valence-electron chi connectivity index (χ1n) is 9.76. The Balaban J connectivity index is 1.84. The Labute approximate surface area is 189 Å². The molecule has 6 nitrogen and oxygen atoms in total. The van der Waals surface area contributed by atoms with Crippen molar-refractivity contribution in [3.8, 4) is 11.5 Å². The van der Waals surface area contributed by atoms with Crippen LogP contribution in [0.1, 0.15) is 12.5 Å². The van der Waals surface area contributed by atoms with Crippen molar-refractivity contribution in [3.63, 3.8) is 0 Å². The summed E-state index contributed by atoms with van der Waals surface area (Å²) >= 11 is 0. The van der Waals surface area contributed by atoms with Crippen LogP contribution in [0.2, 0.25) is 0 Å². The highest BCUT2D eigenvalue weighted by Gasteiger charge is 2.35. The Bertz CT molecular complexity index is 1210. The first kappa shape index (κ1) is 24.1. The van der Waals surface area contributed by atoms with E-state index in [9.17, 15) is 26.4 Å². The maximum Gasteiger partial charge on any atom is 0.418 e. The molecular formula is C23H21F3N2O4S. The summed E-state index contributed by atoms with van der Waals surface area (Å²) in [5.74, 6) is 0.109. The molecule has 0 aromatic heterocycles. The quantitative estimate of drug-likeness (QED) is 0.501. The molecule has 0 aliphatic heterocycles. The molecule has 1 unspecified atom stereocenters. The number of hydrogen-bond donors (Lipinski definition) is 1. The molecule has 3 rings (SSSR count). The summed E-state index contributed by atoms with van der Waals surface area (Å²) in [6.07, 6.45) is -3.77. The van der Waals surface area contributed by atoms with E-state index >= 15 is 0 Å². The molecule has 3 aromatic rings. The molecule has 0 saturated heterocycles. The van der Waals surface area contributed by atoms with E-state index in [1.54, 1.807) is 24.3 Å². The first-order chi connectivity index (χ1) is 15.5. The fourth-order valence-electron chi connectivity index (χ4n) is 3.17. The van der Waals surface area contributed by atoms with Gasteiger partial charge in [0.1, 0.15) is 17.5 Å². The number of para-hydroxylation sites is 2. The summed E-state index contributed by atoms with van der Waals surface area (Å²) in [5.41, 5.74) is -1.33. The largest absolute Gasteiger partial charge is 0.457 e. The summed E-state index contributed by atoms with van der Waals surface area (Å²) in [7, 11) is -3.96. The van der Waals surface area contributed by atoms with E-state index in [1.807, 2.05) is 6.07 Å². The average Bonchev–Trinajstić information content (AvgIpc) is 2.74. The van der Waals surface area contributed by atoms with Gasteiger partial charge < -0.3 is 10.1 Å². The minimum atomic E-state index is -4.68. The monoisotopic (exact) mass is 478 g/mol. The fourth-order valence-corrected chi connectivity index (χ4v) is 4.35. The van der Waals surface area contributed by atoms with Gasteiger partial charge in [-0.15, -0.1) is 0 Å². The van der Waals surface area contributed by atoms with Crippen molar-refractivity contribution < 1.29 is 31.1 Å². The normalized spacial score (nSPS) is 12.6. The van der Waals surface area contributed by atoms with Crippen molar-refractivity contribution in [2.45, 2.75) is 19.1 Å². The predicted octanol–water partition coefficient (Wildman–Crippen LogP) is 5.29. The van der Waals surface area contributed by atoms with Crippen LogP contribution < -0.4 is 14.4 Å². The number of ether oxygens (including phenoxy) is 1. The molecule has 0 radical (unpaired) electrons. The third kappa shape index (κ3) is 6.04. The second kappa shape index (κ2) is 9.53. The van der Waals surface area contributed by atoms with E-state index in [2.05, 4.69) is 5.32 Å². The lowest BCUT2D eigenvalue weighted by Crippen LogP contribution is -2.45. The third-order valence-corrected chi connectivity index (χ3v) is 5.89. The van der Waals surface area contributed by atoms with Crippen molar-refractivity contribution in [2.24, 2.45) is 0 Å². The van der Waals surface area contributed by atoms with Gasteiger partial charge in [-0.3, -0.25) is 9.10 Å².